The van der Waals surface area contributed by atoms with E-state index in [1.54, 1.807) is 24.3 Å². The van der Waals surface area contributed by atoms with E-state index < -0.39 is 10.0 Å². The van der Waals surface area contributed by atoms with E-state index in [0.29, 0.717) is 17.4 Å². The maximum atomic E-state index is 12.4. The van der Waals surface area contributed by atoms with Crippen molar-refractivity contribution in [3.05, 3.63) is 29.8 Å². The highest BCUT2D eigenvalue weighted by atomic mass is 32.2. The smallest absolute Gasteiger partial charge is 0.241 e. The predicted molar refractivity (Wildman–Crippen MR) is 83.0 cm³/mol. The molecule has 1 aliphatic rings. The molecule has 6 heteroatoms. The second kappa shape index (κ2) is 7.14. The molecule has 1 unspecified atom stereocenters. The number of thioether (sulfide) groups is 1. The van der Waals surface area contributed by atoms with Gasteiger partial charge in [0.05, 0.1) is 11.4 Å². The summed E-state index contributed by atoms with van der Waals surface area (Å²) in [6.07, 6.45) is 2.23. The van der Waals surface area contributed by atoms with E-state index in [9.17, 15) is 8.42 Å². The molecule has 20 heavy (non-hydrogen) atoms. The summed E-state index contributed by atoms with van der Waals surface area (Å²) < 4.78 is 27.4. The van der Waals surface area contributed by atoms with Crippen LogP contribution in [-0.4, -0.2) is 32.5 Å². The number of benzene rings is 1. The van der Waals surface area contributed by atoms with Crippen LogP contribution in [0.25, 0.3) is 0 Å². The topological polar surface area (TPSA) is 72.2 Å². The first-order chi connectivity index (χ1) is 9.63. The Kier molecular flexibility index (Phi) is 5.49. The molecule has 0 aliphatic carbocycles. The van der Waals surface area contributed by atoms with Crippen LogP contribution in [0.5, 0.6) is 0 Å². The van der Waals surface area contributed by atoms with E-state index in [-0.39, 0.29) is 11.4 Å². The molecule has 1 aromatic rings. The van der Waals surface area contributed by atoms with E-state index in [4.69, 9.17) is 5.73 Å². The molecule has 1 fully saturated rings. The SMILES string of the molecule is NCC#Cc1ccccc1S(=O)(=O)NCC1CCCS1. The molecule has 0 saturated carbocycles. The van der Waals surface area contributed by atoms with Gasteiger partial charge in [-0.3, -0.25) is 0 Å². The molecule has 0 bridgehead atoms. The molecule has 3 N–H and O–H groups in total. The molecule has 4 nitrogen and oxygen atoms in total. The van der Waals surface area contributed by atoms with Crippen LogP contribution in [0.4, 0.5) is 0 Å². The summed E-state index contributed by atoms with van der Waals surface area (Å²) in [7, 11) is -3.52. The molecule has 108 valence electrons. The number of hydrogen-bond donors (Lipinski definition) is 2. The highest BCUT2D eigenvalue weighted by molar-refractivity contribution is 8.00. The van der Waals surface area contributed by atoms with Crippen molar-refractivity contribution in [1.29, 1.82) is 0 Å². The van der Waals surface area contributed by atoms with Crippen LogP contribution in [0, 0.1) is 11.8 Å². The minimum Gasteiger partial charge on any atom is -0.320 e. The Labute approximate surface area is 124 Å². The number of hydrogen-bond acceptors (Lipinski definition) is 4. The third-order valence-electron chi connectivity index (χ3n) is 3.03. The molecule has 1 aromatic carbocycles. The molecule has 2 rings (SSSR count). The van der Waals surface area contributed by atoms with Crippen molar-refractivity contribution in [2.75, 3.05) is 18.8 Å². The normalized spacial score (nSPS) is 18.6. The van der Waals surface area contributed by atoms with Gasteiger partial charge in [0.2, 0.25) is 10.0 Å². The summed E-state index contributed by atoms with van der Waals surface area (Å²) >= 11 is 1.82. The average Bonchev–Trinajstić information content (AvgIpc) is 2.97. The van der Waals surface area contributed by atoms with Gasteiger partial charge in [-0.1, -0.05) is 24.0 Å². The Morgan fingerprint density at radius 2 is 2.20 bits per heavy atom. The quantitative estimate of drug-likeness (QED) is 0.819. The van der Waals surface area contributed by atoms with Crippen LogP contribution in [0.1, 0.15) is 18.4 Å². The van der Waals surface area contributed by atoms with E-state index in [2.05, 4.69) is 16.6 Å². The molecular formula is C14H18N2O2S2. The maximum absolute atomic E-state index is 12.4. The van der Waals surface area contributed by atoms with Gasteiger partial charge in [0.25, 0.3) is 0 Å². The second-order valence-corrected chi connectivity index (χ2v) is 7.63. The van der Waals surface area contributed by atoms with Crippen LogP contribution in [0.3, 0.4) is 0 Å². The van der Waals surface area contributed by atoms with Crippen LogP contribution in [0.15, 0.2) is 29.2 Å². The Morgan fingerprint density at radius 1 is 1.40 bits per heavy atom. The van der Waals surface area contributed by atoms with Gasteiger partial charge in [-0.15, -0.1) is 0 Å². The molecule has 1 saturated heterocycles. The van der Waals surface area contributed by atoms with E-state index in [0.717, 1.165) is 18.6 Å². The van der Waals surface area contributed by atoms with Crippen molar-refractivity contribution in [2.24, 2.45) is 5.73 Å². The van der Waals surface area contributed by atoms with E-state index >= 15 is 0 Å². The van der Waals surface area contributed by atoms with Crippen LogP contribution in [-0.2, 0) is 10.0 Å². The highest BCUT2D eigenvalue weighted by Crippen LogP contribution is 2.25. The van der Waals surface area contributed by atoms with Gasteiger partial charge in [-0.2, -0.15) is 11.8 Å². The lowest BCUT2D eigenvalue weighted by molar-refractivity contribution is 0.579. The Bertz CT molecular complexity index is 612. The first kappa shape index (κ1) is 15.4. The van der Waals surface area contributed by atoms with Crippen LogP contribution in [0.2, 0.25) is 0 Å². The summed E-state index contributed by atoms with van der Waals surface area (Å²) in [4.78, 5) is 0.226. The fourth-order valence-corrected chi connectivity index (χ4v) is 4.59. The van der Waals surface area contributed by atoms with Gasteiger partial charge in [0.1, 0.15) is 0 Å². The number of rotatable bonds is 4. The zero-order valence-electron chi connectivity index (χ0n) is 11.1. The van der Waals surface area contributed by atoms with Crippen LogP contribution >= 0.6 is 11.8 Å². The Hall–Kier alpha value is -1.000. The van der Waals surface area contributed by atoms with Gasteiger partial charge >= 0.3 is 0 Å². The van der Waals surface area contributed by atoms with Gasteiger partial charge < -0.3 is 5.73 Å². The van der Waals surface area contributed by atoms with E-state index in [1.165, 1.54) is 0 Å². The summed E-state index contributed by atoms with van der Waals surface area (Å²) in [5.74, 6) is 6.62. The summed E-state index contributed by atoms with van der Waals surface area (Å²) in [6, 6.07) is 6.74. The number of sulfonamides is 1. The average molecular weight is 310 g/mol. The molecule has 1 aliphatic heterocycles. The standard InChI is InChI=1S/C14H18N2O2S2/c15-9-3-6-12-5-1-2-8-14(12)20(17,18)16-11-13-7-4-10-19-13/h1-2,5,8,13,16H,4,7,9-11,15H2. The van der Waals surface area contributed by atoms with Crippen LogP contribution < -0.4 is 10.5 Å². The van der Waals surface area contributed by atoms with Crippen molar-refractivity contribution in [3.8, 4) is 11.8 Å². The zero-order chi connectivity index (χ0) is 14.4. The molecule has 1 heterocycles. The first-order valence-corrected chi connectivity index (χ1v) is 9.06. The highest BCUT2D eigenvalue weighted by Gasteiger charge is 2.21. The van der Waals surface area contributed by atoms with Gasteiger partial charge in [0.15, 0.2) is 0 Å². The zero-order valence-corrected chi connectivity index (χ0v) is 12.8. The monoisotopic (exact) mass is 310 g/mol. The lowest BCUT2D eigenvalue weighted by Gasteiger charge is -2.12. The van der Waals surface area contributed by atoms with Crippen molar-refractivity contribution in [2.45, 2.75) is 23.0 Å². The second-order valence-electron chi connectivity index (χ2n) is 4.49. The Morgan fingerprint density at radius 3 is 2.90 bits per heavy atom. The summed E-state index contributed by atoms with van der Waals surface area (Å²) in [6.45, 7) is 0.687. The van der Waals surface area contributed by atoms with Gasteiger partial charge in [-0.25, -0.2) is 13.1 Å². The van der Waals surface area contributed by atoms with Crippen molar-refractivity contribution in [3.63, 3.8) is 0 Å². The van der Waals surface area contributed by atoms with Crippen molar-refractivity contribution < 1.29 is 8.42 Å². The predicted octanol–water partition coefficient (Wildman–Crippen LogP) is 1.17. The summed E-state index contributed by atoms with van der Waals surface area (Å²) in [5, 5.41) is 0.382. The van der Waals surface area contributed by atoms with E-state index in [1.807, 2.05) is 11.8 Å². The third-order valence-corrected chi connectivity index (χ3v) is 5.91. The minimum atomic E-state index is -3.52. The fraction of sp³-hybridized carbons (Fsp3) is 0.429. The molecule has 0 amide bonds. The number of nitrogens with one attached hydrogen (secondary N) is 1. The maximum Gasteiger partial charge on any atom is 0.241 e. The number of nitrogens with two attached hydrogens (primary N) is 1. The van der Waals surface area contributed by atoms with Crippen molar-refractivity contribution >= 4 is 21.8 Å². The lowest BCUT2D eigenvalue weighted by Crippen LogP contribution is -2.30. The van der Waals surface area contributed by atoms with Gasteiger partial charge in [-0.05, 0) is 30.7 Å². The lowest BCUT2D eigenvalue weighted by atomic mass is 10.2. The largest absolute Gasteiger partial charge is 0.320 e. The third kappa shape index (κ3) is 4.00. The molecule has 0 spiro atoms. The molecular weight excluding hydrogens is 292 g/mol. The van der Waals surface area contributed by atoms with Gasteiger partial charge in [0, 0.05) is 17.4 Å². The molecule has 1 atom stereocenters. The fourth-order valence-electron chi connectivity index (χ4n) is 2.04. The van der Waals surface area contributed by atoms with Crippen molar-refractivity contribution in [1.82, 2.24) is 4.72 Å². The first-order valence-electron chi connectivity index (χ1n) is 6.53. The summed E-state index contributed by atoms with van der Waals surface area (Å²) in [5.41, 5.74) is 5.83. The minimum absolute atomic E-state index is 0.209. The molecule has 0 radical (unpaired) electrons. The Balaban J connectivity index is 2.16. The molecule has 0 aromatic heterocycles.